The van der Waals surface area contributed by atoms with Gasteiger partial charge in [0, 0.05) is 13.0 Å². The zero-order valence-electron chi connectivity index (χ0n) is 14.9. The van der Waals surface area contributed by atoms with Crippen molar-refractivity contribution in [1.29, 1.82) is 0 Å². The van der Waals surface area contributed by atoms with E-state index >= 15 is 0 Å². The van der Waals surface area contributed by atoms with E-state index in [0.717, 1.165) is 19.3 Å². The lowest BCUT2D eigenvalue weighted by Gasteiger charge is -2.26. The van der Waals surface area contributed by atoms with Crippen molar-refractivity contribution in [1.82, 2.24) is 10.2 Å². The van der Waals surface area contributed by atoms with Gasteiger partial charge >= 0.3 is 5.97 Å². The Morgan fingerprint density at radius 2 is 2.00 bits per heavy atom. The molecule has 0 radical (unpaired) electrons. The summed E-state index contributed by atoms with van der Waals surface area (Å²) in [6, 6.07) is 8.80. The van der Waals surface area contributed by atoms with Crippen LogP contribution in [-0.4, -0.2) is 48.4 Å². The number of amides is 2. The van der Waals surface area contributed by atoms with Gasteiger partial charge in [-0.15, -0.1) is 0 Å². The summed E-state index contributed by atoms with van der Waals surface area (Å²) in [7, 11) is 1.32. The highest BCUT2D eigenvalue weighted by molar-refractivity contribution is 5.90. The Kier molecular flexibility index (Phi) is 6.98. The van der Waals surface area contributed by atoms with Gasteiger partial charge in [-0.25, -0.2) is 4.79 Å². The molecule has 1 heterocycles. The maximum absolute atomic E-state index is 12.5. The highest BCUT2D eigenvalue weighted by atomic mass is 16.5. The van der Waals surface area contributed by atoms with Crippen LogP contribution in [0.3, 0.4) is 0 Å². The second-order valence-electron chi connectivity index (χ2n) is 6.34. The highest BCUT2D eigenvalue weighted by Crippen LogP contribution is 2.19. The summed E-state index contributed by atoms with van der Waals surface area (Å²) in [4.78, 5) is 37.8. The number of carbonyl (C=O) groups excluding carboxylic acids is 3. The average Bonchev–Trinajstić information content (AvgIpc) is 3.10. The number of methoxy groups -OCH3 is 1. The van der Waals surface area contributed by atoms with Gasteiger partial charge in [0.2, 0.25) is 11.8 Å². The summed E-state index contributed by atoms with van der Waals surface area (Å²) in [5.74, 6) is -0.776. The Bertz CT molecular complexity index is 603. The number of rotatable bonds is 7. The Hall–Kier alpha value is -2.37. The van der Waals surface area contributed by atoms with Crippen LogP contribution in [0.4, 0.5) is 0 Å². The molecule has 0 aromatic heterocycles. The Morgan fingerprint density at radius 1 is 1.28 bits per heavy atom. The summed E-state index contributed by atoms with van der Waals surface area (Å²) in [5.41, 5.74) is 1.19. The summed E-state index contributed by atoms with van der Waals surface area (Å²) >= 11 is 0. The topological polar surface area (TPSA) is 75.7 Å². The number of benzene rings is 1. The van der Waals surface area contributed by atoms with Crippen LogP contribution in [0.2, 0.25) is 0 Å². The van der Waals surface area contributed by atoms with Crippen LogP contribution in [0.1, 0.15) is 38.2 Å². The van der Waals surface area contributed by atoms with E-state index < -0.39 is 18.1 Å². The van der Waals surface area contributed by atoms with E-state index in [-0.39, 0.29) is 11.8 Å². The number of nitrogens with one attached hydrogen (secondary N) is 1. The Balaban J connectivity index is 1.78. The molecular formula is C19H26N2O4. The van der Waals surface area contributed by atoms with Crippen molar-refractivity contribution in [2.75, 3.05) is 13.7 Å². The predicted octanol–water partition coefficient (Wildman–Crippen LogP) is 1.68. The summed E-state index contributed by atoms with van der Waals surface area (Å²) in [5, 5.41) is 2.74. The van der Waals surface area contributed by atoms with Gasteiger partial charge < -0.3 is 15.0 Å². The lowest BCUT2D eigenvalue weighted by Crippen LogP contribution is -2.50. The van der Waals surface area contributed by atoms with Gasteiger partial charge in [-0.3, -0.25) is 9.59 Å². The van der Waals surface area contributed by atoms with Crippen molar-refractivity contribution in [3.63, 3.8) is 0 Å². The molecule has 0 bridgehead atoms. The number of hydrogen-bond acceptors (Lipinski definition) is 4. The first-order valence-corrected chi connectivity index (χ1v) is 8.74. The molecule has 136 valence electrons. The molecule has 2 atom stereocenters. The Morgan fingerprint density at radius 3 is 2.68 bits per heavy atom. The van der Waals surface area contributed by atoms with E-state index in [4.69, 9.17) is 4.74 Å². The van der Waals surface area contributed by atoms with E-state index in [9.17, 15) is 14.4 Å². The minimum absolute atomic E-state index is 0.148. The monoisotopic (exact) mass is 346 g/mol. The molecule has 6 nitrogen and oxygen atoms in total. The van der Waals surface area contributed by atoms with Crippen LogP contribution in [-0.2, 0) is 25.5 Å². The Labute approximate surface area is 148 Å². The van der Waals surface area contributed by atoms with E-state index in [0.29, 0.717) is 19.4 Å². The molecule has 25 heavy (non-hydrogen) atoms. The fourth-order valence-corrected chi connectivity index (χ4v) is 3.13. The number of carbonyl (C=O) groups is 3. The summed E-state index contributed by atoms with van der Waals surface area (Å²) < 4.78 is 4.75. The molecule has 2 rings (SSSR count). The molecule has 0 aliphatic carbocycles. The quantitative estimate of drug-likeness (QED) is 0.762. The number of esters is 1. The molecule has 1 N–H and O–H groups in total. The lowest BCUT2D eigenvalue weighted by molar-refractivity contribution is -0.151. The first-order valence-electron chi connectivity index (χ1n) is 8.74. The fourth-order valence-electron chi connectivity index (χ4n) is 3.13. The van der Waals surface area contributed by atoms with E-state index in [1.165, 1.54) is 17.6 Å². The van der Waals surface area contributed by atoms with Crippen LogP contribution in [0, 0.1) is 0 Å². The zero-order valence-corrected chi connectivity index (χ0v) is 14.9. The average molecular weight is 346 g/mol. The number of likely N-dealkylation sites (tertiary alicyclic amines) is 1. The predicted molar refractivity (Wildman–Crippen MR) is 93.7 cm³/mol. The largest absolute Gasteiger partial charge is 0.467 e. The first kappa shape index (κ1) is 19.0. The molecule has 0 saturated carbocycles. The lowest BCUT2D eigenvalue weighted by atomic mass is 10.1. The van der Waals surface area contributed by atoms with E-state index in [1.54, 1.807) is 6.92 Å². The molecular weight excluding hydrogens is 320 g/mol. The third-order valence-electron chi connectivity index (χ3n) is 4.47. The highest BCUT2D eigenvalue weighted by Gasteiger charge is 2.36. The van der Waals surface area contributed by atoms with Gasteiger partial charge in [0.15, 0.2) is 0 Å². The molecule has 1 aliphatic rings. The van der Waals surface area contributed by atoms with Crippen molar-refractivity contribution >= 4 is 17.8 Å². The van der Waals surface area contributed by atoms with Crippen molar-refractivity contribution < 1.29 is 19.1 Å². The minimum atomic E-state index is -0.644. The van der Waals surface area contributed by atoms with Gasteiger partial charge in [-0.1, -0.05) is 30.3 Å². The van der Waals surface area contributed by atoms with Crippen LogP contribution in [0.25, 0.3) is 0 Å². The third kappa shape index (κ3) is 5.31. The maximum atomic E-state index is 12.5. The van der Waals surface area contributed by atoms with Crippen LogP contribution in [0.15, 0.2) is 30.3 Å². The van der Waals surface area contributed by atoms with Crippen LogP contribution in [0.5, 0.6) is 0 Å². The molecule has 0 unspecified atom stereocenters. The van der Waals surface area contributed by atoms with Gasteiger partial charge in [-0.05, 0) is 38.2 Å². The summed E-state index contributed by atoms with van der Waals surface area (Å²) in [6.07, 6.45) is 3.30. The molecule has 0 spiro atoms. The SMILES string of the molecule is COC(=O)[C@@H]1CCCN1C(=O)[C@H](C)NC(=O)CCCc1ccccc1. The number of ether oxygens (including phenoxy) is 1. The molecule has 6 heteroatoms. The van der Waals surface area contributed by atoms with Gasteiger partial charge in [-0.2, -0.15) is 0 Å². The van der Waals surface area contributed by atoms with Gasteiger partial charge in [0.05, 0.1) is 7.11 Å². The van der Waals surface area contributed by atoms with E-state index in [1.807, 2.05) is 30.3 Å². The molecule has 1 aromatic carbocycles. The molecule has 2 amide bonds. The van der Waals surface area contributed by atoms with Crippen molar-refractivity contribution in [2.45, 2.75) is 51.1 Å². The maximum Gasteiger partial charge on any atom is 0.328 e. The van der Waals surface area contributed by atoms with Crippen molar-refractivity contribution in [2.24, 2.45) is 0 Å². The zero-order chi connectivity index (χ0) is 18.2. The number of aryl methyl sites for hydroxylation is 1. The van der Waals surface area contributed by atoms with Crippen LogP contribution >= 0.6 is 0 Å². The third-order valence-corrected chi connectivity index (χ3v) is 4.47. The molecule has 1 fully saturated rings. The number of nitrogens with zero attached hydrogens (tertiary/aromatic N) is 1. The second-order valence-corrected chi connectivity index (χ2v) is 6.34. The molecule has 1 aromatic rings. The molecule has 1 saturated heterocycles. The van der Waals surface area contributed by atoms with Gasteiger partial charge in [0.25, 0.3) is 0 Å². The normalized spacial score (nSPS) is 17.8. The van der Waals surface area contributed by atoms with E-state index in [2.05, 4.69) is 5.32 Å². The van der Waals surface area contributed by atoms with Crippen molar-refractivity contribution in [3.8, 4) is 0 Å². The minimum Gasteiger partial charge on any atom is -0.467 e. The van der Waals surface area contributed by atoms with Crippen molar-refractivity contribution in [3.05, 3.63) is 35.9 Å². The smallest absolute Gasteiger partial charge is 0.328 e. The van der Waals surface area contributed by atoms with Crippen LogP contribution < -0.4 is 5.32 Å². The molecule has 1 aliphatic heterocycles. The van der Waals surface area contributed by atoms with Gasteiger partial charge in [0.1, 0.15) is 12.1 Å². The second kappa shape index (κ2) is 9.20. The standard InChI is InChI=1S/C19H26N2O4/c1-14(18(23)21-13-7-11-16(21)19(24)25-2)20-17(22)12-6-10-15-8-4-3-5-9-15/h3-5,8-9,14,16H,6-7,10-13H2,1-2H3,(H,20,22)/t14-,16-/m0/s1. The summed E-state index contributed by atoms with van der Waals surface area (Å²) in [6.45, 7) is 2.18. The fraction of sp³-hybridized carbons (Fsp3) is 0.526. The number of hydrogen-bond donors (Lipinski definition) is 1. The first-order chi connectivity index (χ1) is 12.0.